The predicted octanol–water partition coefficient (Wildman–Crippen LogP) is 3.94. The number of hydrogen-bond donors (Lipinski definition) is 1. The van der Waals surface area contributed by atoms with Gasteiger partial charge in [0, 0.05) is 4.47 Å². The van der Waals surface area contributed by atoms with Crippen LogP contribution in [0, 0.1) is 0 Å². The predicted molar refractivity (Wildman–Crippen MR) is 78.6 cm³/mol. The van der Waals surface area contributed by atoms with Gasteiger partial charge in [-0.05, 0) is 29.6 Å². The first-order valence-electron chi connectivity index (χ1n) is 5.54. The first-order valence-corrected chi connectivity index (χ1v) is 7.21. The lowest BCUT2D eigenvalue weighted by atomic mass is 10.2. The SMILES string of the molecule is O=C(O)c1cc(Br)ccc1Oc1ncnc2sccc12. The van der Waals surface area contributed by atoms with Gasteiger partial charge in [0.1, 0.15) is 22.5 Å². The van der Waals surface area contributed by atoms with Crippen LogP contribution in [0.4, 0.5) is 0 Å². The Morgan fingerprint density at radius 3 is 2.95 bits per heavy atom. The van der Waals surface area contributed by atoms with E-state index in [1.807, 2.05) is 11.4 Å². The number of nitrogens with zero attached hydrogens (tertiary/aromatic N) is 2. The summed E-state index contributed by atoms with van der Waals surface area (Å²) >= 11 is 4.71. The highest BCUT2D eigenvalue weighted by atomic mass is 79.9. The molecular formula is C13H7BrN2O3S. The van der Waals surface area contributed by atoms with Gasteiger partial charge in [-0.25, -0.2) is 14.8 Å². The summed E-state index contributed by atoms with van der Waals surface area (Å²) in [5.41, 5.74) is 0.0707. The maximum absolute atomic E-state index is 11.2. The number of carbonyl (C=O) groups is 1. The third kappa shape index (κ3) is 2.37. The van der Waals surface area contributed by atoms with E-state index in [1.54, 1.807) is 12.1 Å². The minimum absolute atomic E-state index is 0.0707. The van der Waals surface area contributed by atoms with E-state index in [0.717, 1.165) is 10.2 Å². The normalized spacial score (nSPS) is 10.7. The average Bonchev–Trinajstić information content (AvgIpc) is 2.90. The lowest BCUT2D eigenvalue weighted by Gasteiger charge is -2.08. The largest absolute Gasteiger partial charge is 0.478 e. The Morgan fingerprint density at radius 2 is 2.15 bits per heavy atom. The second-order valence-corrected chi connectivity index (χ2v) is 5.68. The van der Waals surface area contributed by atoms with E-state index in [1.165, 1.54) is 23.7 Å². The summed E-state index contributed by atoms with van der Waals surface area (Å²) in [7, 11) is 0. The molecule has 5 nitrogen and oxygen atoms in total. The van der Waals surface area contributed by atoms with Gasteiger partial charge < -0.3 is 9.84 Å². The molecule has 3 aromatic rings. The van der Waals surface area contributed by atoms with E-state index in [0.29, 0.717) is 10.4 Å². The molecule has 0 fully saturated rings. The first kappa shape index (κ1) is 13.0. The zero-order valence-corrected chi connectivity index (χ0v) is 12.3. The molecule has 0 unspecified atom stereocenters. The fraction of sp³-hybridized carbons (Fsp3) is 0. The Labute approximate surface area is 126 Å². The van der Waals surface area contributed by atoms with Crippen molar-refractivity contribution < 1.29 is 14.6 Å². The Balaban J connectivity index is 2.07. The number of aromatic nitrogens is 2. The fourth-order valence-electron chi connectivity index (χ4n) is 1.71. The molecule has 2 aromatic heterocycles. The van der Waals surface area contributed by atoms with Gasteiger partial charge in [0.05, 0.1) is 5.39 Å². The fourth-order valence-corrected chi connectivity index (χ4v) is 2.80. The van der Waals surface area contributed by atoms with Gasteiger partial charge in [0.25, 0.3) is 0 Å². The monoisotopic (exact) mass is 350 g/mol. The molecule has 100 valence electrons. The number of carboxylic acids is 1. The van der Waals surface area contributed by atoms with Crippen LogP contribution in [0.3, 0.4) is 0 Å². The molecule has 1 aromatic carbocycles. The van der Waals surface area contributed by atoms with Crippen LogP contribution in [0.25, 0.3) is 10.2 Å². The van der Waals surface area contributed by atoms with Crippen molar-refractivity contribution in [2.24, 2.45) is 0 Å². The van der Waals surface area contributed by atoms with Gasteiger partial charge in [-0.1, -0.05) is 15.9 Å². The van der Waals surface area contributed by atoms with Crippen LogP contribution < -0.4 is 4.74 Å². The number of benzene rings is 1. The topological polar surface area (TPSA) is 72.3 Å². The number of fused-ring (bicyclic) bond motifs is 1. The highest BCUT2D eigenvalue weighted by Gasteiger charge is 2.15. The molecule has 7 heteroatoms. The number of rotatable bonds is 3. The lowest BCUT2D eigenvalue weighted by Crippen LogP contribution is -2.01. The Morgan fingerprint density at radius 1 is 1.30 bits per heavy atom. The molecule has 20 heavy (non-hydrogen) atoms. The van der Waals surface area contributed by atoms with Crippen LogP contribution >= 0.6 is 27.3 Å². The third-order valence-corrected chi connectivity index (χ3v) is 3.92. The number of ether oxygens (including phenoxy) is 1. The summed E-state index contributed by atoms with van der Waals surface area (Å²) in [5, 5.41) is 11.9. The summed E-state index contributed by atoms with van der Waals surface area (Å²) in [6.45, 7) is 0. The van der Waals surface area contributed by atoms with Gasteiger partial charge in [0.15, 0.2) is 0 Å². The molecule has 0 saturated heterocycles. The molecule has 0 radical (unpaired) electrons. The standard InChI is InChI=1S/C13H7BrN2O3S/c14-7-1-2-10(9(5-7)13(17)18)19-11-8-3-4-20-12(8)16-6-15-11/h1-6H,(H,17,18). The zero-order chi connectivity index (χ0) is 14.1. The number of thiophene rings is 1. The average molecular weight is 351 g/mol. The van der Waals surface area contributed by atoms with Crippen molar-refractivity contribution in [1.29, 1.82) is 0 Å². The summed E-state index contributed by atoms with van der Waals surface area (Å²) in [4.78, 5) is 20.2. The minimum atomic E-state index is -1.06. The molecule has 0 bridgehead atoms. The minimum Gasteiger partial charge on any atom is -0.478 e. The maximum atomic E-state index is 11.2. The van der Waals surface area contributed by atoms with Gasteiger partial charge in [0.2, 0.25) is 5.88 Å². The number of halogens is 1. The highest BCUT2D eigenvalue weighted by Crippen LogP contribution is 2.32. The van der Waals surface area contributed by atoms with E-state index in [2.05, 4.69) is 25.9 Å². The van der Waals surface area contributed by atoms with Crippen molar-refractivity contribution in [3.05, 3.63) is 46.0 Å². The highest BCUT2D eigenvalue weighted by molar-refractivity contribution is 9.10. The Kier molecular flexibility index (Phi) is 3.37. The van der Waals surface area contributed by atoms with Crippen molar-refractivity contribution >= 4 is 43.5 Å². The van der Waals surface area contributed by atoms with E-state index >= 15 is 0 Å². The van der Waals surface area contributed by atoms with Crippen molar-refractivity contribution in [2.75, 3.05) is 0 Å². The molecule has 0 aliphatic heterocycles. The Bertz CT molecular complexity index is 803. The smallest absolute Gasteiger partial charge is 0.339 e. The molecule has 0 saturated carbocycles. The van der Waals surface area contributed by atoms with E-state index < -0.39 is 5.97 Å². The van der Waals surface area contributed by atoms with Crippen molar-refractivity contribution in [3.63, 3.8) is 0 Å². The lowest BCUT2D eigenvalue weighted by molar-refractivity contribution is 0.0694. The molecule has 3 rings (SSSR count). The summed E-state index contributed by atoms with van der Waals surface area (Å²) in [5.74, 6) is -0.468. The van der Waals surface area contributed by atoms with Crippen molar-refractivity contribution in [2.45, 2.75) is 0 Å². The van der Waals surface area contributed by atoms with Crippen molar-refractivity contribution in [1.82, 2.24) is 9.97 Å². The van der Waals surface area contributed by atoms with Crippen LogP contribution in [0.2, 0.25) is 0 Å². The van der Waals surface area contributed by atoms with Gasteiger partial charge in [-0.2, -0.15) is 0 Å². The third-order valence-electron chi connectivity index (χ3n) is 2.60. The van der Waals surface area contributed by atoms with Crippen LogP contribution in [0.15, 0.2) is 40.4 Å². The molecule has 2 heterocycles. The van der Waals surface area contributed by atoms with Crippen molar-refractivity contribution in [3.8, 4) is 11.6 Å². The second kappa shape index (κ2) is 5.18. The van der Waals surface area contributed by atoms with E-state index in [4.69, 9.17) is 4.74 Å². The molecule has 0 aliphatic rings. The quantitative estimate of drug-likeness (QED) is 0.774. The molecule has 0 amide bonds. The van der Waals surface area contributed by atoms with Crippen LogP contribution in [-0.2, 0) is 0 Å². The second-order valence-electron chi connectivity index (χ2n) is 3.87. The summed E-state index contributed by atoms with van der Waals surface area (Å²) in [6, 6.07) is 6.64. The molecule has 1 N–H and O–H groups in total. The summed E-state index contributed by atoms with van der Waals surface area (Å²) < 4.78 is 6.32. The van der Waals surface area contributed by atoms with E-state index in [-0.39, 0.29) is 11.3 Å². The van der Waals surface area contributed by atoms with Crippen LogP contribution in [0.5, 0.6) is 11.6 Å². The van der Waals surface area contributed by atoms with Crippen LogP contribution in [0.1, 0.15) is 10.4 Å². The number of carboxylic acid groups (broad SMARTS) is 1. The first-order chi connectivity index (χ1) is 9.65. The Hall–Kier alpha value is -1.99. The molecule has 0 spiro atoms. The molecule has 0 atom stereocenters. The van der Waals surface area contributed by atoms with Gasteiger partial charge in [-0.3, -0.25) is 0 Å². The number of aromatic carboxylic acids is 1. The van der Waals surface area contributed by atoms with Gasteiger partial charge in [-0.15, -0.1) is 11.3 Å². The van der Waals surface area contributed by atoms with E-state index in [9.17, 15) is 9.90 Å². The summed E-state index contributed by atoms with van der Waals surface area (Å²) in [6.07, 6.45) is 1.40. The number of hydrogen-bond acceptors (Lipinski definition) is 5. The zero-order valence-electron chi connectivity index (χ0n) is 9.91. The van der Waals surface area contributed by atoms with Gasteiger partial charge >= 0.3 is 5.97 Å². The molecule has 0 aliphatic carbocycles. The van der Waals surface area contributed by atoms with Crippen LogP contribution in [-0.4, -0.2) is 21.0 Å². The molecular weight excluding hydrogens is 344 g/mol. The maximum Gasteiger partial charge on any atom is 0.339 e.